The molecule has 0 aliphatic carbocycles. The summed E-state index contributed by atoms with van der Waals surface area (Å²) in [6.07, 6.45) is 1.57. The summed E-state index contributed by atoms with van der Waals surface area (Å²) in [6.45, 7) is 2.09. The zero-order chi connectivity index (χ0) is 15.7. The second-order valence-corrected chi connectivity index (χ2v) is 5.17. The maximum Gasteiger partial charge on any atom is 0.252 e. The van der Waals surface area contributed by atoms with Crippen LogP contribution in [0.15, 0.2) is 41.3 Å². The minimum absolute atomic E-state index is 0.215. The molecule has 0 bridgehead atoms. The minimum atomic E-state index is -0.289. The average Bonchev–Trinajstić information content (AvgIpc) is 2.97. The van der Waals surface area contributed by atoms with E-state index in [0.717, 1.165) is 5.56 Å². The molecular formula is C16H16N2O4. The molecule has 1 N–H and O–H groups in total. The Hall–Kier alpha value is -2.76. The van der Waals surface area contributed by atoms with Crippen molar-refractivity contribution in [2.75, 3.05) is 6.79 Å². The van der Waals surface area contributed by atoms with Crippen LogP contribution in [0.3, 0.4) is 0 Å². The molecule has 0 spiro atoms. The lowest BCUT2D eigenvalue weighted by molar-refractivity contribution is 0.0939. The summed E-state index contributed by atoms with van der Waals surface area (Å²) in [4.78, 5) is 23.8. The molecule has 2 aromatic rings. The Balaban J connectivity index is 1.75. The SMILES string of the molecule is CC(NC(=O)c1ccn(C)c(=O)c1)c1ccc2c(c1)OCO2. The van der Waals surface area contributed by atoms with E-state index in [1.807, 2.05) is 25.1 Å². The topological polar surface area (TPSA) is 69.6 Å². The number of pyridine rings is 1. The van der Waals surface area contributed by atoms with Crippen LogP contribution in [0.25, 0.3) is 0 Å². The monoisotopic (exact) mass is 300 g/mol. The first kappa shape index (κ1) is 14.2. The number of rotatable bonds is 3. The second-order valence-electron chi connectivity index (χ2n) is 5.17. The molecule has 1 aliphatic rings. The van der Waals surface area contributed by atoms with Gasteiger partial charge in [-0.2, -0.15) is 0 Å². The van der Waals surface area contributed by atoms with Gasteiger partial charge in [-0.25, -0.2) is 0 Å². The molecule has 0 radical (unpaired) electrons. The largest absolute Gasteiger partial charge is 0.454 e. The number of carbonyl (C=O) groups is 1. The van der Waals surface area contributed by atoms with E-state index in [0.29, 0.717) is 17.1 Å². The van der Waals surface area contributed by atoms with Crippen molar-refractivity contribution in [3.05, 3.63) is 58.0 Å². The molecule has 3 rings (SSSR count). The summed E-state index contributed by atoms with van der Waals surface area (Å²) in [7, 11) is 1.64. The molecule has 6 heteroatoms. The highest BCUT2D eigenvalue weighted by Gasteiger charge is 2.17. The number of nitrogens with zero attached hydrogens (tertiary/aromatic N) is 1. The molecule has 1 unspecified atom stereocenters. The molecule has 1 atom stereocenters. The third kappa shape index (κ3) is 2.67. The molecule has 2 heterocycles. The normalized spacial score (nSPS) is 13.7. The van der Waals surface area contributed by atoms with Crippen molar-refractivity contribution in [2.45, 2.75) is 13.0 Å². The predicted octanol–water partition coefficient (Wildman–Crippen LogP) is 1.60. The first-order valence-corrected chi connectivity index (χ1v) is 6.91. The Morgan fingerprint density at radius 2 is 2.00 bits per heavy atom. The van der Waals surface area contributed by atoms with Crippen molar-refractivity contribution in [2.24, 2.45) is 7.05 Å². The molecule has 1 aromatic heterocycles. The van der Waals surface area contributed by atoms with Crippen LogP contribution >= 0.6 is 0 Å². The van der Waals surface area contributed by atoms with E-state index in [-0.39, 0.29) is 24.3 Å². The van der Waals surface area contributed by atoms with E-state index >= 15 is 0 Å². The Morgan fingerprint density at radius 1 is 1.23 bits per heavy atom. The van der Waals surface area contributed by atoms with Gasteiger partial charge in [-0.05, 0) is 30.7 Å². The molecular weight excluding hydrogens is 284 g/mol. The van der Waals surface area contributed by atoms with E-state index < -0.39 is 0 Å². The Morgan fingerprint density at radius 3 is 2.77 bits per heavy atom. The highest BCUT2D eigenvalue weighted by Crippen LogP contribution is 2.34. The number of aromatic nitrogens is 1. The van der Waals surface area contributed by atoms with Gasteiger partial charge in [0.25, 0.3) is 11.5 Å². The average molecular weight is 300 g/mol. The van der Waals surface area contributed by atoms with E-state index in [2.05, 4.69) is 5.32 Å². The van der Waals surface area contributed by atoms with Crippen molar-refractivity contribution >= 4 is 5.91 Å². The summed E-state index contributed by atoms with van der Waals surface area (Å²) in [5.41, 5.74) is 1.03. The minimum Gasteiger partial charge on any atom is -0.454 e. The fraction of sp³-hybridized carbons (Fsp3) is 0.250. The van der Waals surface area contributed by atoms with Crippen LogP contribution in [0.1, 0.15) is 28.9 Å². The molecule has 6 nitrogen and oxygen atoms in total. The fourth-order valence-corrected chi connectivity index (χ4v) is 2.24. The number of fused-ring (bicyclic) bond motifs is 1. The summed E-state index contributed by atoms with van der Waals surface area (Å²) >= 11 is 0. The van der Waals surface area contributed by atoms with Crippen LogP contribution in [0.2, 0.25) is 0 Å². The van der Waals surface area contributed by atoms with Gasteiger partial charge in [-0.3, -0.25) is 9.59 Å². The third-order valence-electron chi connectivity index (χ3n) is 3.61. The number of carbonyl (C=O) groups excluding carboxylic acids is 1. The van der Waals surface area contributed by atoms with Crippen molar-refractivity contribution in [3.8, 4) is 11.5 Å². The number of benzene rings is 1. The fourth-order valence-electron chi connectivity index (χ4n) is 2.24. The van der Waals surface area contributed by atoms with Crippen LogP contribution in [0.5, 0.6) is 11.5 Å². The highest BCUT2D eigenvalue weighted by atomic mass is 16.7. The van der Waals surface area contributed by atoms with Crippen LogP contribution in [-0.4, -0.2) is 17.3 Å². The lowest BCUT2D eigenvalue weighted by Gasteiger charge is -2.15. The standard InChI is InChI=1S/C16H16N2O4/c1-10(11-3-4-13-14(7-11)22-9-21-13)17-16(20)12-5-6-18(2)15(19)8-12/h3-8,10H,9H2,1-2H3,(H,17,20). The van der Waals surface area contributed by atoms with Gasteiger partial charge in [0.15, 0.2) is 11.5 Å². The van der Waals surface area contributed by atoms with E-state index in [4.69, 9.17) is 9.47 Å². The van der Waals surface area contributed by atoms with E-state index in [1.54, 1.807) is 19.3 Å². The second kappa shape index (κ2) is 5.55. The van der Waals surface area contributed by atoms with Crippen LogP contribution < -0.4 is 20.3 Å². The van der Waals surface area contributed by atoms with Crippen LogP contribution in [0.4, 0.5) is 0 Å². The first-order chi connectivity index (χ1) is 10.5. The summed E-state index contributed by atoms with van der Waals surface area (Å²) in [5.74, 6) is 1.09. The predicted molar refractivity (Wildman–Crippen MR) is 80.1 cm³/mol. The summed E-state index contributed by atoms with van der Waals surface area (Å²) in [5, 5.41) is 2.87. The van der Waals surface area contributed by atoms with E-state index in [1.165, 1.54) is 10.6 Å². The Bertz CT molecular complexity index is 782. The Labute approximate surface area is 127 Å². The smallest absolute Gasteiger partial charge is 0.252 e. The van der Waals surface area contributed by atoms with Crippen LogP contribution in [-0.2, 0) is 7.05 Å². The number of amides is 1. The Kier molecular flexibility index (Phi) is 3.58. The van der Waals surface area contributed by atoms with Gasteiger partial charge < -0.3 is 19.4 Å². The number of hydrogen-bond acceptors (Lipinski definition) is 4. The van der Waals surface area contributed by atoms with Gasteiger partial charge in [0.2, 0.25) is 6.79 Å². The zero-order valence-corrected chi connectivity index (χ0v) is 12.3. The molecule has 1 amide bonds. The van der Waals surface area contributed by atoms with E-state index in [9.17, 15) is 9.59 Å². The van der Waals surface area contributed by atoms with Crippen molar-refractivity contribution in [1.82, 2.24) is 9.88 Å². The van der Waals surface area contributed by atoms with Gasteiger partial charge in [-0.1, -0.05) is 6.07 Å². The van der Waals surface area contributed by atoms with Gasteiger partial charge in [0.1, 0.15) is 0 Å². The van der Waals surface area contributed by atoms with Gasteiger partial charge >= 0.3 is 0 Å². The summed E-state index contributed by atoms with van der Waals surface area (Å²) in [6, 6.07) is 8.26. The number of aryl methyl sites for hydroxylation is 1. The van der Waals surface area contributed by atoms with Crippen molar-refractivity contribution in [3.63, 3.8) is 0 Å². The number of ether oxygens (including phenoxy) is 2. The summed E-state index contributed by atoms with van der Waals surface area (Å²) < 4.78 is 12.0. The molecule has 1 aliphatic heterocycles. The maximum atomic E-state index is 12.2. The van der Waals surface area contributed by atoms with Crippen LogP contribution in [0, 0.1) is 0 Å². The molecule has 22 heavy (non-hydrogen) atoms. The van der Waals surface area contributed by atoms with Gasteiger partial charge in [0, 0.05) is 24.9 Å². The molecule has 0 saturated heterocycles. The number of hydrogen-bond donors (Lipinski definition) is 1. The maximum absolute atomic E-state index is 12.2. The lowest BCUT2D eigenvalue weighted by Crippen LogP contribution is -2.28. The highest BCUT2D eigenvalue weighted by molar-refractivity contribution is 5.94. The van der Waals surface area contributed by atoms with Gasteiger partial charge in [-0.15, -0.1) is 0 Å². The first-order valence-electron chi connectivity index (χ1n) is 6.91. The molecule has 114 valence electrons. The van der Waals surface area contributed by atoms with Crippen molar-refractivity contribution in [1.29, 1.82) is 0 Å². The zero-order valence-electron chi connectivity index (χ0n) is 12.3. The lowest BCUT2D eigenvalue weighted by atomic mass is 10.1. The number of nitrogens with one attached hydrogen (secondary N) is 1. The third-order valence-corrected chi connectivity index (χ3v) is 3.61. The van der Waals surface area contributed by atoms with Crippen molar-refractivity contribution < 1.29 is 14.3 Å². The quantitative estimate of drug-likeness (QED) is 0.935. The van der Waals surface area contributed by atoms with Gasteiger partial charge in [0.05, 0.1) is 6.04 Å². The molecule has 0 saturated carbocycles. The molecule has 0 fully saturated rings. The molecule has 1 aromatic carbocycles.